The maximum Gasteiger partial charge on any atom is 0.255 e. The van der Waals surface area contributed by atoms with Crippen molar-refractivity contribution in [3.8, 4) is 11.5 Å². The van der Waals surface area contributed by atoms with Crippen molar-refractivity contribution in [2.75, 3.05) is 49.9 Å². The Labute approximate surface area is 231 Å². The number of likely N-dealkylation sites (tertiary alicyclic amines) is 1. The van der Waals surface area contributed by atoms with E-state index in [-0.39, 0.29) is 11.4 Å². The number of carbonyl (C=O) groups is 1. The molecule has 0 atom stereocenters. The summed E-state index contributed by atoms with van der Waals surface area (Å²) in [6, 6.07) is 16.9. The number of rotatable bonds is 7. The molecule has 3 aliphatic rings. The summed E-state index contributed by atoms with van der Waals surface area (Å²) >= 11 is 0. The third-order valence-electron chi connectivity index (χ3n) is 8.42. The molecule has 1 spiro atoms. The molecule has 3 aliphatic heterocycles. The van der Waals surface area contributed by atoms with Crippen molar-refractivity contribution in [3.63, 3.8) is 0 Å². The number of nitrogens with one attached hydrogen (secondary N) is 2. The summed E-state index contributed by atoms with van der Waals surface area (Å²) in [6.07, 6.45) is 2.47. The summed E-state index contributed by atoms with van der Waals surface area (Å²) < 4.78 is 6.70. The van der Waals surface area contributed by atoms with Gasteiger partial charge in [0.15, 0.2) is 0 Å². The van der Waals surface area contributed by atoms with Gasteiger partial charge in [-0.05, 0) is 88.5 Å². The lowest BCUT2D eigenvalue weighted by Gasteiger charge is -2.45. The van der Waals surface area contributed by atoms with Gasteiger partial charge in [0.25, 0.3) is 5.91 Å². The quantitative estimate of drug-likeness (QED) is 0.435. The van der Waals surface area contributed by atoms with E-state index >= 15 is 0 Å². The minimum atomic E-state index is -0.749. The highest BCUT2D eigenvalue weighted by atomic mass is 16.5. The van der Waals surface area contributed by atoms with Crippen LogP contribution in [-0.4, -0.2) is 60.5 Å². The van der Waals surface area contributed by atoms with Crippen LogP contribution in [0.2, 0.25) is 0 Å². The van der Waals surface area contributed by atoms with Crippen LogP contribution in [0.4, 0.5) is 11.4 Å². The van der Waals surface area contributed by atoms with Gasteiger partial charge in [0.05, 0.1) is 0 Å². The molecule has 1 fully saturated rings. The van der Waals surface area contributed by atoms with E-state index < -0.39 is 5.54 Å². The Morgan fingerprint density at radius 3 is 1.95 bits per heavy atom. The molecular formula is C32H40N4O3. The summed E-state index contributed by atoms with van der Waals surface area (Å²) in [7, 11) is 0. The Balaban J connectivity index is 0.00000308. The first kappa shape index (κ1) is 27.0. The number of fused-ring (bicyclic) bond motifs is 6. The van der Waals surface area contributed by atoms with Gasteiger partial charge >= 0.3 is 0 Å². The van der Waals surface area contributed by atoms with Gasteiger partial charge in [-0.2, -0.15) is 0 Å². The number of aryl methyl sites for hydroxylation is 2. The normalized spacial score (nSPS) is 16.8. The second kappa shape index (κ2) is 10.5. The van der Waals surface area contributed by atoms with Crippen LogP contribution in [0.25, 0.3) is 0 Å². The molecule has 0 unspecified atom stereocenters. The van der Waals surface area contributed by atoms with Gasteiger partial charge in [0.2, 0.25) is 0 Å². The van der Waals surface area contributed by atoms with Crippen molar-refractivity contribution in [2.45, 2.75) is 46.1 Å². The van der Waals surface area contributed by atoms with Crippen LogP contribution >= 0.6 is 0 Å². The lowest BCUT2D eigenvalue weighted by atomic mass is 9.73. The molecular weight excluding hydrogens is 488 g/mol. The summed E-state index contributed by atoms with van der Waals surface area (Å²) in [5, 5.41) is 6.98. The average Bonchev–Trinajstić information content (AvgIpc) is 3.51. The monoisotopic (exact) mass is 528 g/mol. The lowest BCUT2D eigenvalue weighted by molar-refractivity contribution is 0.0642. The van der Waals surface area contributed by atoms with Crippen molar-refractivity contribution >= 4 is 17.3 Å². The molecule has 3 aromatic carbocycles. The summed E-state index contributed by atoms with van der Waals surface area (Å²) in [5.41, 5.74) is 7.58. The van der Waals surface area contributed by atoms with E-state index in [1.54, 1.807) is 0 Å². The molecule has 7 heteroatoms. The maximum atomic E-state index is 14.2. The number of amides is 1. The van der Waals surface area contributed by atoms with E-state index in [0.29, 0.717) is 6.54 Å². The molecule has 0 aliphatic carbocycles. The highest BCUT2D eigenvalue weighted by Crippen LogP contribution is 2.58. The second-order valence-electron chi connectivity index (χ2n) is 10.8. The first-order chi connectivity index (χ1) is 18.5. The number of benzene rings is 3. The molecule has 0 saturated carbocycles. The van der Waals surface area contributed by atoms with Gasteiger partial charge in [0.1, 0.15) is 17.0 Å². The van der Waals surface area contributed by atoms with Crippen molar-refractivity contribution in [1.29, 1.82) is 0 Å². The van der Waals surface area contributed by atoms with Crippen molar-refractivity contribution in [2.24, 2.45) is 0 Å². The standard InChI is InChI=1S/C32H38N4O2.H2O/c1-5-33-27-19-29-25(17-21(27)3)32(26-18-22(4)28(34-6-2)20-30(26)38-29)24-12-8-7-11-23(24)31(37)36(32)16-15-35-13-9-10-14-35;/h7-8,11-12,17-20,33-34H,5-6,9-10,13-16H2,1-4H3;1H2. The van der Waals surface area contributed by atoms with Crippen LogP contribution in [0.15, 0.2) is 48.5 Å². The third kappa shape index (κ3) is 4.15. The summed E-state index contributed by atoms with van der Waals surface area (Å²) in [6.45, 7) is 13.9. The van der Waals surface area contributed by atoms with Crippen LogP contribution in [0.3, 0.4) is 0 Å². The molecule has 4 N–H and O–H groups in total. The summed E-state index contributed by atoms with van der Waals surface area (Å²) in [5.74, 6) is 1.71. The minimum Gasteiger partial charge on any atom is -0.456 e. The van der Waals surface area contributed by atoms with E-state index in [1.165, 1.54) is 12.8 Å². The Bertz CT molecular complexity index is 1330. The van der Waals surface area contributed by atoms with Crippen LogP contribution in [0, 0.1) is 13.8 Å². The highest BCUT2D eigenvalue weighted by Gasteiger charge is 2.56. The molecule has 39 heavy (non-hydrogen) atoms. The van der Waals surface area contributed by atoms with Crippen molar-refractivity contribution in [1.82, 2.24) is 9.80 Å². The topological polar surface area (TPSA) is 88.3 Å². The molecule has 206 valence electrons. The predicted octanol–water partition coefficient (Wildman–Crippen LogP) is 5.29. The van der Waals surface area contributed by atoms with Gasteiger partial charge in [-0.25, -0.2) is 0 Å². The Hall–Kier alpha value is -3.55. The fourth-order valence-electron chi connectivity index (χ4n) is 6.66. The molecule has 1 saturated heterocycles. The van der Waals surface area contributed by atoms with Gasteiger partial charge in [-0.15, -0.1) is 0 Å². The third-order valence-corrected chi connectivity index (χ3v) is 8.42. The zero-order valence-corrected chi connectivity index (χ0v) is 23.5. The largest absolute Gasteiger partial charge is 0.456 e. The SMILES string of the molecule is CCNc1cc2c(cc1C)C1(c3cc(C)c(NCC)cc3O2)c2ccccc2C(=O)N1CCN1CCCC1.O. The first-order valence-corrected chi connectivity index (χ1v) is 14.1. The zero-order valence-electron chi connectivity index (χ0n) is 23.5. The van der Waals surface area contributed by atoms with Crippen LogP contribution in [-0.2, 0) is 5.54 Å². The smallest absolute Gasteiger partial charge is 0.255 e. The minimum absolute atomic E-state index is 0. The fraction of sp³-hybridized carbons (Fsp3) is 0.406. The van der Waals surface area contributed by atoms with E-state index in [4.69, 9.17) is 4.74 Å². The maximum absolute atomic E-state index is 14.2. The average molecular weight is 529 g/mol. The molecule has 7 nitrogen and oxygen atoms in total. The molecule has 0 bridgehead atoms. The molecule has 0 aromatic heterocycles. The second-order valence-corrected chi connectivity index (χ2v) is 10.8. The number of hydrogen-bond acceptors (Lipinski definition) is 5. The van der Waals surface area contributed by atoms with Crippen LogP contribution in [0.5, 0.6) is 11.5 Å². The summed E-state index contributed by atoms with van der Waals surface area (Å²) in [4.78, 5) is 18.9. The van der Waals surface area contributed by atoms with Gasteiger partial charge in [-0.3, -0.25) is 4.79 Å². The number of ether oxygens (including phenoxy) is 1. The Morgan fingerprint density at radius 2 is 1.38 bits per heavy atom. The van der Waals surface area contributed by atoms with Gasteiger partial charge in [0, 0.05) is 66.4 Å². The van der Waals surface area contributed by atoms with Crippen molar-refractivity contribution < 1.29 is 15.0 Å². The van der Waals surface area contributed by atoms with Gasteiger partial charge < -0.3 is 30.6 Å². The highest BCUT2D eigenvalue weighted by molar-refractivity contribution is 6.02. The predicted molar refractivity (Wildman–Crippen MR) is 157 cm³/mol. The number of carbonyl (C=O) groups excluding carboxylic acids is 1. The van der Waals surface area contributed by atoms with E-state index in [9.17, 15) is 4.79 Å². The number of nitrogens with zero attached hydrogens (tertiary/aromatic N) is 2. The van der Waals surface area contributed by atoms with Crippen LogP contribution in [0.1, 0.15) is 64.9 Å². The lowest BCUT2D eigenvalue weighted by Crippen LogP contribution is -2.50. The van der Waals surface area contributed by atoms with Crippen LogP contribution < -0.4 is 15.4 Å². The zero-order chi connectivity index (χ0) is 26.4. The number of hydrogen-bond donors (Lipinski definition) is 2. The van der Waals surface area contributed by atoms with Crippen molar-refractivity contribution in [3.05, 3.63) is 81.9 Å². The van der Waals surface area contributed by atoms with E-state index in [0.717, 1.165) is 89.0 Å². The molecule has 0 radical (unpaired) electrons. The Kier molecular flexibility index (Phi) is 7.31. The van der Waals surface area contributed by atoms with E-state index in [1.807, 2.05) is 12.1 Å². The van der Waals surface area contributed by atoms with E-state index in [2.05, 4.69) is 84.5 Å². The molecule has 3 aromatic rings. The fourth-order valence-corrected chi connectivity index (χ4v) is 6.66. The van der Waals surface area contributed by atoms with Gasteiger partial charge in [-0.1, -0.05) is 18.2 Å². The molecule has 3 heterocycles. The number of anilines is 2. The first-order valence-electron chi connectivity index (χ1n) is 14.1. The Morgan fingerprint density at radius 1 is 0.821 bits per heavy atom. The molecule has 1 amide bonds. The molecule has 6 rings (SSSR count).